The number of carbonyl (C=O) groups is 1. The molecule has 0 unspecified atom stereocenters. The molecule has 9 heteroatoms. The Hall–Kier alpha value is -2.78. The first kappa shape index (κ1) is 20.5. The monoisotopic (exact) mass is 391 g/mol. The van der Waals surface area contributed by atoms with E-state index >= 15 is 0 Å². The molecule has 0 spiro atoms. The van der Waals surface area contributed by atoms with Crippen molar-refractivity contribution in [3.8, 4) is 0 Å². The van der Waals surface area contributed by atoms with Gasteiger partial charge in [0.05, 0.1) is 9.82 Å². The van der Waals surface area contributed by atoms with Crippen molar-refractivity contribution in [3.63, 3.8) is 0 Å². The predicted octanol–water partition coefficient (Wildman–Crippen LogP) is 3.18. The van der Waals surface area contributed by atoms with Gasteiger partial charge in [-0.15, -0.1) is 0 Å². The number of nitrogens with one attached hydrogen (secondary N) is 1. The number of amides is 1. The Balaban J connectivity index is 2.23. The van der Waals surface area contributed by atoms with Gasteiger partial charge in [-0.05, 0) is 50.6 Å². The van der Waals surface area contributed by atoms with Gasteiger partial charge >= 0.3 is 0 Å². The zero-order chi connectivity index (χ0) is 20.4. The van der Waals surface area contributed by atoms with Gasteiger partial charge in [-0.1, -0.05) is 6.07 Å². The largest absolute Gasteiger partial charge is 0.322 e. The summed E-state index contributed by atoms with van der Waals surface area (Å²) in [6.07, 6.45) is 0. The van der Waals surface area contributed by atoms with E-state index in [1.54, 1.807) is 20.8 Å². The molecule has 0 aromatic heterocycles. The van der Waals surface area contributed by atoms with Gasteiger partial charge in [-0.2, -0.15) is 4.31 Å². The third kappa shape index (κ3) is 4.50. The second-order valence-corrected chi connectivity index (χ2v) is 8.35. The maximum atomic E-state index is 12.4. The molecule has 0 aliphatic carbocycles. The predicted molar refractivity (Wildman–Crippen MR) is 102 cm³/mol. The Morgan fingerprint density at radius 3 is 2.26 bits per heavy atom. The first-order valence-corrected chi connectivity index (χ1v) is 9.62. The minimum absolute atomic E-state index is 0.114. The fraction of sp³-hybridized carbons (Fsp3) is 0.278. The maximum absolute atomic E-state index is 12.4. The molecule has 2 rings (SSSR count). The van der Waals surface area contributed by atoms with Gasteiger partial charge in [-0.25, -0.2) is 8.42 Å². The highest BCUT2D eigenvalue weighted by Crippen LogP contribution is 2.21. The molecule has 1 N–H and O–H groups in total. The van der Waals surface area contributed by atoms with Crippen LogP contribution in [0.4, 0.5) is 11.4 Å². The molecular weight excluding hydrogens is 370 g/mol. The van der Waals surface area contributed by atoms with Crippen molar-refractivity contribution in [2.75, 3.05) is 12.4 Å². The number of nitro groups is 1. The number of rotatable bonds is 6. The van der Waals surface area contributed by atoms with Crippen LogP contribution < -0.4 is 5.32 Å². The number of non-ortho nitro benzene ring substituents is 1. The quantitative estimate of drug-likeness (QED) is 0.601. The number of carbonyl (C=O) groups excluding carboxylic acids is 1. The molecule has 8 nitrogen and oxygen atoms in total. The normalized spacial score (nSPS) is 11.6. The molecule has 2 aromatic rings. The van der Waals surface area contributed by atoms with Crippen LogP contribution in [0.5, 0.6) is 0 Å². The Morgan fingerprint density at radius 1 is 1.15 bits per heavy atom. The van der Waals surface area contributed by atoms with Crippen molar-refractivity contribution in [1.82, 2.24) is 4.31 Å². The topological polar surface area (TPSA) is 110 Å². The molecule has 0 aliphatic rings. The number of sulfonamides is 1. The first-order valence-electron chi connectivity index (χ1n) is 8.18. The number of anilines is 1. The van der Waals surface area contributed by atoms with Crippen LogP contribution in [0.3, 0.4) is 0 Å². The lowest BCUT2D eigenvalue weighted by molar-refractivity contribution is -0.384. The summed E-state index contributed by atoms with van der Waals surface area (Å²) in [6, 6.07) is 9.62. The lowest BCUT2D eigenvalue weighted by atomic mass is 10.1. The third-order valence-electron chi connectivity index (χ3n) is 4.19. The molecule has 0 radical (unpaired) electrons. The van der Waals surface area contributed by atoms with Gasteiger partial charge in [0.2, 0.25) is 10.0 Å². The maximum Gasteiger partial charge on any atom is 0.270 e. The van der Waals surface area contributed by atoms with E-state index in [0.29, 0.717) is 11.3 Å². The zero-order valence-electron chi connectivity index (χ0n) is 15.5. The second kappa shape index (κ2) is 7.85. The Bertz CT molecular complexity index is 969. The third-order valence-corrected chi connectivity index (χ3v) is 6.24. The van der Waals surface area contributed by atoms with Gasteiger partial charge < -0.3 is 5.32 Å². The number of nitrogens with zero attached hydrogens (tertiary/aromatic N) is 2. The fourth-order valence-electron chi connectivity index (χ4n) is 2.32. The molecule has 27 heavy (non-hydrogen) atoms. The van der Waals surface area contributed by atoms with E-state index in [1.807, 2.05) is 0 Å². The summed E-state index contributed by atoms with van der Waals surface area (Å²) in [5.74, 6) is -0.508. The SMILES string of the molecule is Cc1ccc([N+](=O)[O-])cc1C(=O)Nc1ccc(S(=O)(=O)N(C)C(C)C)cc1. The number of hydrogen-bond donors (Lipinski definition) is 1. The smallest absolute Gasteiger partial charge is 0.270 e. The molecule has 0 heterocycles. The van der Waals surface area contributed by atoms with E-state index in [1.165, 1.54) is 53.8 Å². The average molecular weight is 391 g/mol. The van der Waals surface area contributed by atoms with Crippen LogP contribution in [-0.4, -0.2) is 36.6 Å². The van der Waals surface area contributed by atoms with Crippen molar-refractivity contribution in [2.24, 2.45) is 0 Å². The number of hydrogen-bond acceptors (Lipinski definition) is 5. The van der Waals surface area contributed by atoms with E-state index in [4.69, 9.17) is 0 Å². The van der Waals surface area contributed by atoms with E-state index < -0.39 is 20.9 Å². The van der Waals surface area contributed by atoms with Crippen LogP contribution in [-0.2, 0) is 10.0 Å². The molecule has 0 fully saturated rings. The molecule has 0 bridgehead atoms. The van der Waals surface area contributed by atoms with Crippen molar-refractivity contribution < 1.29 is 18.1 Å². The summed E-state index contributed by atoms with van der Waals surface area (Å²) in [7, 11) is -2.11. The van der Waals surface area contributed by atoms with Crippen LogP contribution in [0.15, 0.2) is 47.4 Å². The summed E-state index contributed by atoms with van der Waals surface area (Å²) >= 11 is 0. The molecule has 2 aromatic carbocycles. The van der Waals surface area contributed by atoms with Gasteiger partial charge in [-0.3, -0.25) is 14.9 Å². The molecule has 144 valence electrons. The number of aryl methyl sites for hydroxylation is 1. The van der Waals surface area contributed by atoms with Crippen LogP contribution >= 0.6 is 0 Å². The zero-order valence-corrected chi connectivity index (χ0v) is 16.3. The molecule has 1 amide bonds. The van der Waals surface area contributed by atoms with Gasteiger partial charge in [0.1, 0.15) is 0 Å². The Kier molecular flexibility index (Phi) is 5.97. The summed E-state index contributed by atoms with van der Waals surface area (Å²) in [6.45, 7) is 5.22. The lowest BCUT2D eigenvalue weighted by Gasteiger charge is -2.21. The van der Waals surface area contributed by atoms with E-state index in [-0.39, 0.29) is 22.2 Å². The highest BCUT2D eigenvalue weighted by molar-refractivity contribution is 7.89. The van der Waals surface area contributed by atoms with Gasteiger partial charge in [0, 0.05) is 36.5 Å². The molecule has 0 atom stereocenters. The number of benzene rings is 2. The summed E-state index contributed by atoms with van der Waals surface area (Å²) in [5, 5.41) is 13.5. The molecule has 0 aliphatic heterocycles. The number of nitro benzene ring substituents is 1. The Morgan fingerprint density at radius 2 is 1.74 bits per heavy atom. The van der Waals surface area contributed by atoms with Crippen LogP contribution in [0.1, 0.15) is 29.8 Å². The van der Waals surface area contributed by atoms with Crippen LogP contribution in [0.2, 0.25) is 0 Å². The van der Waals surface area contributed by atoms with Crippen molar-refractivity contribution >= 4 is 27.3 Å². The second-order valence-electron chi connectivity index (χ2n) is 6.35. The summed E-state index contributed by atoms with van der Waals surface area (Å²) in [5.41, 5.74) is 0.984. The van der Waals surface area contributed by atoms with E-state index in [9.17, 15) is 23.3 Å². The van der Waals surface area contributed by atoms with Gasteiger partial charge in [0.15, 0.2) is 0 Å². The van der Waals surface area contributed by atoms with Crippen molar-refractivity contribution in [1.29, 1.82) is 0 Å². The highest BCUT2D eigenvalue weighted by Gasteiger charge is 2.23. The minimum atomic E-state index is -3.61. The van der Waals surface area contributed by atoms with Crippen molar-refractivity contribution in [2.45, 2.75) is 31.7 Å². The lowest BCUT2D eigenvalue weighted by Crippen LogP contribution is -2.33. The van der Waals surface area contributed by atoms with Crippen LogP contribution in [0, 0.1) is 17.0 Å². The molecule has 0 saturated heterocycles. The molecular formula is C18H21N3O5S. The van der Waals surface area contributed by atoms with E-state index in [0.717, 1.165) is 0 Å². The van der Waals surface area contributed by atoms with Crippen molar-refractivity contribution in [3.05, 3.63) is 63.7 Å². The standard InChI is InChI=1S/C18H21N3O5S/c1-12(2)20(4)27(25,26)16-9-6-14(7-10-16)19-18(22)17-11-15(21(23)24)8-5-13(17)3/h5-12H,1-4H3,(H,19,22). The molecule has 0 saturated carbocycles. The van der Waals surface area contributed by atoms with Gasteiger partial charge in [0.25, 0.3) is 11.6 Å². The summed E-state index contributed by atoms with van der Waals surface area (Å²) < 4.78 is 26.2. The summed E-state index contributed by atoms with van der Waals surface area (Å²) in [4.78, 5) is 22.9. The minimum Gasteiger partial charge on any atom is -0.322 e. The highest BCUT2D eigenvalue weighted by atomic mass is 32.2. The van der Waals surface area contributed by atoms with E-state index in [2.05, 4.69) is 5.32 Å². The first-order chi connectivity index (χ1) is 12.5. The van der Waals surface area contributed by atoms with Crippen LogP contribution in [0.25, 0.3) is 0 Å². The Labute approximate surface area is 158 Å². The average Bonchev–Trinajstić information content (AvgIpc) is 2.61. The fourth-order valence-corrected chi connectivity index (χ4v) is 3.69.